The van der Waals surface area contributed by atoms with Crippen LogP contribution in [0, 0.1) is 6.92 Å². The van der Waals surface area contributed by atoms with Gasteiger partial charge in [0.1, 0.15) is 5.82 Å². The Morgan fingerprint density at radius 2 is 1.91 bits per heavy atom. The van der Waals surface area contributed by atoms with Crippen LogP contribution >= 0.6 is 0 Å². The molecule has 0 unspecified atom stereocenters. The van der Waals surface area contributed by atoms with Gasteiger partial charge in [0.25, 0.3) is 0 Å². The lowest BCUT2D eigenvalue weighted by atomic mass is 10.2. The first kappa shape index (κ1) is 15.4. The molecule has 1 aliphatic rings. The van der Waals surface area contributed by atoms with Crippen LogP contribution in [-0.2, 0) is 4.79 Å². The Morgan fingerprint density at radius 1 is 1.22 bits per heavy atom. The lowest BCUT2D eigenvalue weighted by Crippen LogP contribution is -2.37. The summed E-state index contributed by atoms with van der Waals surface area (Å²) in [5, 5.41) is 0. The van der Waals surface area contributed by atoms with Crippen molar-refractivity contribution in [1.82, 2.24) is 19.9 Å². The summed E-state index contributed by atoms with van der Waals surface area (Å²) in [6.07, 6.45) is 5.66. The van der Waals surface area contributed by atoms with Gasteiger partial charge in [-0.15, -0.1) is 0 Å². The number of aromatic nitrogens is 3. The average molecular weight is 311 g/mol. The molecule has 0 saturated carbocycles. The van der Waals surface area contributed by atoms with Crippen LogP contribution in [0.15, 0.2) is 30.6 Å². The van der Waals surface area contributed by atoms with Crippen LogP contribution in [0.1, 0.15) is 18.5 Å². The number of likely N-dealkylation sites (N-methyl/N-ethyl adjacent to an activating group) is 1. The van der Waals surface area contributed by atoms with Gasteiger partial charge in [-0.1, -0.05) is 0 Å². The number of pyridine rings is 1. The summed E-state index contributed by atoms with van der Waals surface area (Å²) in [7, 11) is 1.89. The number of carbonyl (C=O) groups is 1. The quantitative estimate of drug-likeness (QED) is 0.863. The van der Waals surface area contributed by atoms with E-state index in [0.717, 1.165) is 43.0 Å². The Bertz CT molecular complexity index is 683. The number of aryl methyl sites for hydroxylation is 1. The third kappa shape index (κ3) is 3.64. The van der Waals surface area contributed by atoms with E-state index < -0.39 is 0 Å². The summed E-state index contributed by atoms with van der Waals surface area (Å²) in [5.74, 6) is 1.58. The molecule has 0 radical (unpaired) electrons. The second kappa shape index (κ2) is 6.73. The van der Waals surface area contributed by atoms with Crippen LogP contribution in [0.2, 0.25) is 0 Å². The standard InChI is InChI=1S/C17H21N5O/c1-13-11-15(20-17(19-13)14-5-7-18-8-6-14)21(2)12-16(23)22-9-3-4-10-22/h5-8,11H,3-4,9-10,12H2,1-2H3. The molecule has 1 fully saturated rings. The number of hydrogen-bond donors (Lipinski definition) is 0. The molecule has 0 spiro atoms. The van der Waals surface area contributed by atoms with Crippen molar-refractivity contribution in [2.75, 3.05) is 31.6 Å². The minimum Gasteiger partial charge on any atom is -0.350 e. The molecule has 1 saturated heterocycles. The maximum absolute atomic E-state index is 12.3. The lowest BCUT2D eigenvalue weighted by molar-refractivity contribution is -0.128. The van der Waals surface area contributed by atoms with Gasteiger partial charge >= 0.3 is 0 Å². The van der Waals surface area contributed by atoms with Crippen molar-refractivity contribution in [1.29, 1.82) is 0 Å². The molecule has 1 amide bonds. The van der Waals surface area contributed by atoms with E-state index in [4.69, 9.17) is 0 Å². The van der Waals surface area contributed by atoms with E-state index in [-0.39, 0.29) is 5.91 Å². The summed E-state index contributed by atoms with van der Waals surface area (Å²) in [6, 6.07) is 5.67. The highest BCUT2D eigenvalue weighted by molar-refractivity contribution is 5.81. The molecule has 3 heterocycles. The minimum atomic E-state index is 0.159. The molecule has 3 rings (SSSR count). The second-order valence-electron chi connectivity index (χ2n) is 5.87. The first-order chi connectivity index (χ1) is 11.1. The highest BCUT2D eigenvalue weighted by atomic mass is 16.2. The minimum absolute atomic E-state index is 0.159. The van der Waals surface area contributed by atoms with Crippen LogP contribution < -0.4 is 4.90 Å². The van der Waals surface area contributed by atoms with Crippen molar-refractivity contribution >= 4 is 11.7 Å². The van der Waals surface area contributed by atoms with Crippen LogP contribution in [-0.4, -0.2) is 52.4 Å². The number of hydrogen-bond acceptors (Lipinski definition) is 5. The number of amides is 1. The topological polar surface area (TPSA) is 62.2 Å². The van der Waals surface area contributed by atoms with Crippen molar-refractivity contribution < 1.29 is 4.79 Å². The Morgan fingerprint density at radius 3 is 2.61 bits per heavy atom. The summed E-state index contributed by atoms with van der Waals surface area (Å²) >= 11 is 0. The zero-order valence-electron chi connectivity index (χ0n) is 13.6. The lowest BCUT2D eigenvalue weighted by Gasteiger charge is -2.22. The predicted octanol–water partition coefficient (Wildman–Crippen LogP) is 1.91. The summed E-state index contributed by atoms with van der Waals surface area (Å²) in [5.41, 5.74) is 1.80. The van der Waals surface area contributed by atoms with Gasteiger partial charge < -0.3 is 9.80 Å². The van der Waals surface area contributed by atoms with Crippen molar-refractivity contribution in [2.45, 2.75) is 19.8 Å². The summed E-state index contributed by atoms with van der Waals surface area (Å²) in [4.78, 5) is 29.2. The largest absolute Gasteiger partial charge is 0.350 e. The summed E-state index contributed by atoms with van der Waals surface area (Å²) in [6.45, 7) is 4.02. The number of anilines is 1. The maximum Gasteiger partial charge on any atom is 0.242 e. The Balaban J connectivity index is 1.79. The third-order valence-electron chi connectivity index (χ3n) is 4.00. The van der Waals surface area contributed by atoms with Gasteiger partial charge in [-0.05, 0) is 31.9 Å². The van der Waals surface area contributed by atoms with Crippen molar-refractivity contribution in [3.63, 3.8) is 0 Å². The molecule has 6 nitrogen and oxygen atoms in total. The fraction of sp³-hybridized carbons (Fsp3) is 0.412. The van der Waals surface area contributed by atoms with Crippen LogP contribution in [0.4, 0.5) is 5.82 Å². The van der Waals surface area contributed by atoms with Gasteiger partial charge in [-0.25, -0.2) is 9.97 Å². The zero-order valence-corrected chi connectivity index (χ0v) is 13.6. The molecular weight excluding hydrogens is 290 g/mol. The fourth-order valence-electron chi connectivity index (χ4n) is 2.73. The molecule has 6 heteroatoms. The van der Waals surface area contributed by atoms with E-state index in [9.17, 15) is 4.79 Å². The van der Waals surface area contributed by atoms with E-state index >= 15 is 0 Å². The average Bonchev–Trinajstić information content (AvgIpc) is 3.09. The number of nitrogens with zero attached hydrogens (tertiary/aromatic N) is 5. The molecule has 120 valence electrons. The molecule has 0 aromatic carbocycles. The van der Waals surface area contributed by atoms with Gasteiger partial charge in [0.05, 0.1) is 6.54 Å². The van der Waals surface area contributed by atoms with E-state index in [1.54, 1.807) is 12.4 Å². The number of carbonyl (C=O) groups excluding carboxylic acids is 1. The number of rotatable bonds is 4. The molecule has 2 aromatic rings. The first-order valence-electron chi connectivity index (χ1n) is 7.88. The van der Waals surface area contributed by atoms with Gasteiger partial charge in [0.2, 0.25) is 5.91 Å². The predicted molar refractivity (Wildman–Crippen MR) is 89.1 cm³/mol. The maximum atomic E-state index is 12.3. The van der Waals surface area contributed by atoms with Gasteiger partial charge in [-0.2, -0.15) is 0 Å². The van der Waals surface area contributed by atoms with Crippen molar-refractivity contribution in [2.24, 2.45) is 0 Å². The highest BCUT2D eigenvalue weighted by Gasteiger charge is 2.20. The van der Waals surface area contributed by atoms with Gasteiger partial charge in [0, 0.05) is 49.9 Å². The molecule has 1 aliphatic heterocycles. The summed E-state index contributed by atoms with van der Waals surface area (Å²) < 4.78 is 0. The number of likely N-dealkylation sites (tertiary alicyclic amines) is 1. The Hall–Kier alpha value is -2.50. The molecule has 23 heavy (non-hydrogen) atoms. The van der Waals surface area contributed by atoms with Crippen LogP contribution in [0.5, 0.6) is 0 Å². The molecule has 0 N–H and O–H groups in total. The van der Waals surface area contributed by atoms with E-state index in [0.29, 0.717) is 12.4 Å². The van der Waals surface area contributed by atoms with Crippen molar-refractivity contribution in [3.05, 3.63) is 36.3 Å². The SMILES string of the molecule is Cc1cc(N(C)CC(=O)N2CCCC2)nc(-c2ccncc2)n1. The van der Waals surface area contributed by atoms with E-state index in [1.807, 2.05) is 42.0 Å². The third-order valence-corrected chi connectivity index (χ3v) is 4.00. The molecular formula is C17H21N5O. The van der Waals surface area contributed by atoms with E-state index in [2.05, 4.69) is 15.0 Å². The zero-order chi connectivity index (χ0) is 16.2. The fourth-order valence-corrected chi connectivity index (χ4v) is 2.73. The van der Waals surface area contributed by atoms with Gasteiger partial charge in [-0.3, -0.25) is 9.78 Å². The molecule has 0 aliphatic carbocycles. The second-order valence-corrected chi connectivity index (χ2v) is 5.87. The Kier molecular flexibility index (Phi) is 4.50. The molecule has 2 aromatic heterocycles. The van der Waals surface area contributed by atoms with Gasteiger partial charge in [0.15, 0.2) is 5.82 Å². The monoisotopic (exact) mass is 311 g/mol. The Labute approximate surface area is 136 Å². The van der Waals surface area contributed by atoms with Crippen molar-refractivity contribution in [3.8, 4) is 11.4 Å². The van der Waals surface area contributed by atoms with Crippen LogP contribution in [0.3, 0.4) is 0 Å². The first-order valence-corrected chi connectivity index (χ1v) is 7.88. The van der Waals surface area contributed by atoms with E-state index in [1.165, 1.54) is 0 Å². The van der Waals surface area contributed by atoms with Crippen LogP contribution in [0.25, 0.3) is 11.4 Å². The highest BCUT2D eigenvalue weighted by Crippen LogP contribution is 2.19. The smallest absolute Gasteiger partial charge is 0.242 e. The molecule has 0 atom stereocenters. The molecule has 0 bridgehead atoms. The normalized spacial score (nSPS) is 14.1.